The molecule has 3 rings (SSSR count). The fourth-order valence-electron chi connectivity index (χ4n) is 2.46. The standard InChI is InChI=1S/C20H18ClNO5S/c1-25-15-8-10-16(11-9-15)27-19-13-14(7-12-18(19)26-2)22-28(23,24)20-6-4-3-5-17(20)21/h3-13,22H,1-2H3. The Balaban J connectivity index is 1.89. The number of hydrogen-bond acceptors (Lipinski definition) is 5. The highest BCUT2D eigenvalue weighted by Crippen LogP contribution is 2.35. The van der Waals surface area contributed by atoms with E-state index in [1.54, 1.807) is 55.6 Å². The highest BCUT2D eigenvalue weighted by atomic mass is 35.5. The van der Waals surface area contributed by atoms with Crippen molar-refractivity contribution in [2.24, 2.45) is 0 Å². The van der Waals surface area contributed by atoms with E-state index in [1.165, 1.54) is 25.3 Å². The maximum atomic E-state index is 12.6. The summed E-state index contributed by atoms with van der Waals surface area (Å²) < 4.78 is 44.0. The zero-order valence-electron chi connectivity index (χ0n) is 15.2. The van der Waals surface area contributed by atoms with Crippen molar-refractivity contribution in [1.29, 1.82) is 0 Å². The van der Waals surface area contributed by atoms with Crippen molar-refractivity contribution >= 4 is 27.3 Å². The number of ether oxygens (including phenoxy) is 3. The molecule has 0 saturated heterocycles. The van der Waals surface area contributed by atoms with Gasteiger partial charge in [0, 0.05) is 6.07 Å². The highest BCUT2D eigenvalue weighted by molar-refractivity contribution is 7.92. The number of hydrogen-bond donors (Lipinski definition) is 1. The molecule has 0 aliphatic heterocycles. The summed E-state index contributed by atoms with van der Waals surface area (Å²) in [6, 6.07) is 17.9. The van der Waals surface area contributed by atoms with Gasteiger partial charge in [-0.15, -0.1) is 0 Å². The molecule has 0 saturated carbocycles. The lowest BCUT2D eigenvalue weighted by atomic mass is 10.2. The Morgan fingerprint density at radius 1 is 0.821 bits per heavy atom. The molecule has 0 radical (unpaired) electrons. The summed E-state index contributed by atoms with van der Waals surface area (Å²) in [5.74, 6) is 2.05. The van der Waals surface area contributed by atoms with Crippen molar-refractivity contribution in [2.75, 3.05) is 18.9 Å². The van der Waals surface area contributed by atoms with Gasteiger partial charge in [0.05, 0.1) is 24.9 Å². The molecule has 3 aromatic carbocycles. The Morgan fingerprint density at radius 3 is 2.14 bits per heavy atom. The van der Waals surface area contributed by atoms with Crippen molar-refractivity contribution in [1.82, 2.24) is 0 Å². The number of anilines is 1. The normalized spacial score (nSPS) is 11.0. The number of methoxy groups -OCH3 is 2. The smallest absolute Gasteiger partial charge is 0.263 e. The van der Waals surface area contributed by atoms with E-state index in [0.717, 1.165) is 0 Å². The van der Waals surface area contributed by atoms with Crippen LogP contribution in [0.4, 0.5) is 5.69 Å². The third-order valence-electron chi connectivity index (χ3n) is 3.83. The molecular formula is C20H18ClNO5S. The van der Waals surface area contributed by atoms with E-state index in [-0.39, 0.29) is 9.92 Å². The molecule has 146 valence electrons. The topological polar surface area (TPSA) is 73.9 Å². The van der Waals surface area contributed by atoms with Gasteiger partial charge in [-0.2, -0.15) is 0 Å². The highest BCUT2D eigenvalue weighted by Gasteiger charge is 2.18. The van der Waals surface area contributed by atoms with Crippen LogP contribution in [-0.2, 0) is 10.0 Å². The van der Waals surface area contributed by atoms with Crippen molar-refractivity contribution in [3.05, 3.63) is 71.8 Å². The average molecular weight is 420 g/mol. The molecule has 0 aromatic heterocycles. The molecule has 0 bridgehead atoms. The Hall–Kier alpha value is -2.90. The monoisotopic (exact) mass is 419 g/mol. The SMILES string of the molecule is COc1ccc(Oc2cc(NS(=O)(=O)c3ccccc3Cl)ccc2OC)cc1. The second-order valence-electron chi connectivity index (χ2n) is 5.68. The van der Waals surface area contributed by atoms with E-state index in [9.17, 15) is 8.42 Å². The zero-order chi connectivity index (χ0) is 20.1. The van der Waals surface area contributed by atoms with Crippen LogP contribution in [0.5, 0.6) is 23.0 Å². The Morgan fingerprint density at radius 2 is 1.50 bits per heavy atom. The van der Waals surface area contributed by atoms with Crippen molar-refractivity contribution in [3.8, 4) is 23.0 Å². The lowest BCUT2D eigenvalue weighted by Gasteiger charge is -2.14. The van der Waals surface area contributed by atoms with Gasteiger partial charge < -0.3 is 14.2 Å². The number of halogens is 1. The lowest BCUT2D eigenvalue weighted by Crippen LogP contribution is -2.13. The van der Waals surface area contributed by atoms with Gasteiger partial charge in [-0.05, 0) is 48.5 Å². The minimum atomic E-state index is -3.86. The molecule has 1 N–H and O–H groups in total. The van der Waals surface area contributed by atoms with Gasteiger partial charge in [0.2, 0.25) is 0 Å². The maximum Gasteiger partial charge on any atom is 0.263 e. The maximum absolute atomic E-state index is 12.6. The van der Waals surface area contributed by atoms with Crippen molar-refractivity contribution in [3.63, 3.8) is 0 Å². The minimum Gasteiger partial charge on any atom is -0.497 e. The van der Waals surface area contributed by atoms with Crippen LogP contribution in [0.3, 0.4) is 0 Å². The molecule has 0 heterocycles. The predicted octanol–water partition coefficient (Wildman–Crippen LogP) is 4.95. The first-order valence-corrected chi connectivity index (χ1v) is 10.1. The van der Waals surface area contributed by atoms with Gasteiger partial charge in [-0.1, -0.05) is 23.7 Å². The Labute approximate surface area is 168 Å². The summed E-state index contributed by atoms with van der Waals surface area (Å²) in [6.45, 7) is 0. The molecule has 0 fully saturated rings. The first kappa shape index (κ1) is 19.9. The molecule has 0 amide bonds. The van der Waals surface area contributed by atoms with Gasteiger partial charge in [0.25, 0.3) is 10.0 Å². The van der Waals surface area contributed by atoms with Crippen LogP contribution in [0.25, 0.3) is 0 Å². The van der Waals surface area contributed by atoms with Crippen LogP contribution in [0.2, 0.25) is 5.02 Å². The number of nitrogens with one attached hydrogen (secondary N) is 1. The van der Waals surface area contributed by atoms with Crippen LogP contribution in [-0.4, -0.2) is 22.6 Å². The van der Waals surface area contributed by atoms with E-state index in [0.29, 0.717) is 28.7 Å². The molecule has 0 aliphatic carbocycles. The van der Waals surface area contributed by atoms with Crippen LogP contribution < -0.4 is 18.9 Å². The second kappa shape index (κ2) is 8.41. The van der Waals surface area contributed by atoms with Gasteiger partial charge in [-0.25, -0.2) is 8.42 Å². The second-order valence-corrected chi connectivity index (χ2v) is 7.74. The zero-order valence-corrected chi connectivity index (χ0v) is 16.8. The van der Waals surface area contributed by atoms with Gasteiger partial charge in [-0.3, -0.25) is 4.72 Å². The fourth-order valence-corrected chi connectivity index (χ4v) is 4.03. The first-order chi connectivity index (χ1) is 13.4. The van der Waals surface area contributed by atoms with Crippen LogP contribution in [0.1, 0.15) is 0 Å². The Kier molecular flexibility index (Phi) is 5.96. The molecule has 0 unspecified atom stereocenters. The molecule has 6 nitrogen and oxygen atoms in total. The van der Waals surface area contributed by atoms with E-state index < -0.39 is 10.0 Å². The first-order valence-electron chi connectivity index (χ1n) is 8.20. The van der Waals surface area contributed by atoms with Crippen molar-refractivity contribution in [2.45, 2.75) is 4.90 Å². The molecule has 8 heteroatoms. The van der Waals surface area contributed by atoms with Crippen LogP contribution in [0, 0.1) is 0 Å². The molecule has 0 atom stereocenters. The summed E-state index contributed by atoms with van der Waals surface area (Å²) in [6.07, 6.45) is 0. The molecule has 0 aliphatic rings. The Bertz CT molecular complexity index is 1070. The minimum absolute atomic E-state index is 0.00916. The fraction of sp³-hybridized carbons (Fsp3) is 0.100. The third kappa shape index (κ3) is 4.49. The van der Waals surface area contributed by atoms with E-state index in [1.807, 2.05) is 0 Å². The third-order valence-corrected chi connectivity index (χ3v) is 5.71. The van der Waals surface area contributed by atoms with E-state index in [4.69, 9.17) is 25.8 Å². The number of rotatable bonds is 7. The van der Waals surface area contributed by atoms with Gasteiger partial charge >= 0.3 is 0 Å². The largest absolute Gasteiger partial charge is 0.497 e. The molecule has 28 heavy (non-hydrogen) atoms. The molecule has 0 spiro atoms. The summed E-state index contributed by atoms with van der Waals surface area (Å²) in [4.78, 5) is -0.00916. The van der Waals surface area contributed by atoms with Gasteiger partial charge in [0.1, 0.15) is 16.4 Å². The van der Waals surface area contributed by atoms with Crippen LogP contribution in [0.15, 0.2) is 71.6 Å². The average Bonchev–Trinajstić information content (AvgIpc) is 2.69. The summed E-state index contributed by atoms with van der Waals surface area (Å²) in [5, 5.41) is 0.137. The summed E-state index contributed by atoms with van der Waals surface area (Å²) >= 11 is 6.01. The van der Waals surface area contributed by atoms with Gasteiger partial charge in [0.15, 0.2) is 11.5 Å². The van der Waals surface area contributed by atoms with Crippen LogP contribution >= 0.6 is 11.6 Å². The lowest BCUT2D eigenvalue weighted by molar-refractivity contribution is 0.378. The quantitative estimate of drug-likeness (QED) is 0.586. The van der Waals surface area contributed by atoms with E-state index in [2.05, 4.69) is 4.72 Å². The number of benzene rings is 3. The molecular weight excluding hydrogens is 402 g/mol. The predicted molar refractivity (Wildman–Crippen MR) is 108 cm³/mol. The molecule has 3 aromatic rings. The van der Waals surface area contributed by atoms with E-state index >= 15 is 0 Å². The summed E-state index contributed by atoms with van der Waals surface area (Å²) in [7, 11) is -0.776. The number of sulfonamides is 1. The summed E-state index contributed by atoms with van der Waals surface area (Å²) in [5.41, 5.74) is 0.309. The van der Waals surface area contributed by atoms with Crippen molar-refractivity contribution < 1.29 is 22.6 Å².